The molecule has 0 spiro atoms. The molecular weight excluding hydrogens is 232 g/mol. The summed E-state index contributed by atoms with van der Waals surface area (Å²) in [6, 6.07) is 0. The van der Waals surface area contributed by atoms with Gasteiger partial charge < -0.3 is 9.47 Å². The third-order valence-electron chi connectivity index (χ3n) is 2.40. The zero-order chi connectivity index (χ0) is 13.5. The van der Waals surface area contributed by atoms with E-state index in [0.29, 0.717) is 6.42 Å². The van der Waals surface area contributed by atoms with E-state index in [1.807, 2.05) is 13.0 Å². The minimum Gasteiger partial charge on any atom is -0.462 e. The summed E-state index contributed by atoms with van der Waals surface area (Å²) in [6.45, 7) is 5.90. The van der Waals surface area contributed by atoms with E-state index in [1.54, 1.807) is 26.0 Å². The van der Waals surface area contributed by atoms with Crippen molar-refractivity contribution in [1.29, 1.82) is 0 Å². The second kappa shape index (κ2) is 6.79. The Hall–Kier alpha value is -1.84. The molecule has 0 aliphatic heterocycles. The number of esters is 2. The van der Waals surface area contributed by atoms with E-state index in [2.05, 4.69) is 0 Å². The summed E-state index contributed by atoms with van der Waals surface area (Å²) in [5, 5.41) is 0. The molecule has 0 bridgehead atoms. The fourth-order valence-electron chi connectivity index (χ4n) is 1.60. The maximum absolute atomic E-state index is 11.8. The topological polar surface area (TPSA) is 52.6 Å². The highest BCUT2D eigenvalue weighted by Crippen LogP contribution is 2.20. The third-order valence-corrected chi connectivity index (χ3v) is 2.40. The summed E-state index contributed by atoms with van der Waals surface area (Å²) in [6.07, 6.45) is 5.84. The Balaban J connectivity index is 3.18. The summed E-state index contributed by atoms with van der Waals surface area (Å²) in [5.74, 6) is -0.991. The van der Waals surface area contributed by atoms with Crippen LogP contribution in [0.4, 0.5) is 0 Å². The number of carbonyl (C=O) groups excluding carboxylic acids is 2. The largest absolute Gasteiger partial charge is 0.462 e. The number of hydrogen-bond acceptors (Lipinski definition) is 4. The van der Waals surface area contributed by atoms with Gasteiger partial charge in [-0.1, -0.05) is 17.7 Å². The van der Waals surface area contributed by atoms with Gasteiger partial charge in [0.25, 0.3) is 0 Å². The second-order valence-corrected chi connectivity index (χ2v) is 3.87. The highest BCUT2D eigenvalue weighted by molar-refractivity contribution is 6.04. The Kier molecular flexibility index (Phi) is 5.36. The van der Waals surface area contributed by atoms with Gasteiger partial charge in [-0.15, -0.1) is 0 Å². The SMILES string of the molecule is CCOC(=O)C1=C(C(=O)OCC)C=C(C)CC=C1. The molecule has 0 N–H and O–H groups in total. The molecule has 0 saturated heterocycles. The standard InChI is InChI=1S/C14H18O4/c1-4-17-13(15)11-8-6-7-10(3)9-12(11)14(16)18-5-2/h6,8-9H,4-5,7H2,1-3H3. The maximum Gasteiger partial charge on any atom is 0.338 e. The Bertz CT molecular complexity index is 427. The van der Waals surface area contributed by atoms with Crippen molar-refractivity contribution in [1.82, 2.24) is 0 Å². The molecule has 0 atom stereocenters. The Morgan fingerprint density at radius 2 is 1.67 bits per heavy atom. The fourth-order valence-corrected chi connectivity index (χ4v) is 1.60. The lowest BCUT2D eigenvalue weighted by molar-refractivity contribution is -0.141. The van der Waals surface area contributed by atoms with Crippen molar-refractivity contribution < 1.29 is 19.1 Å². The molecule has 1 aliphatic rings. The summed E-state index contributed by atoms with van der Waals surface area (Å²) in [4.78, 5) is 23.7. The lowest BCUT2D eigenvalue weighted by atomic mass is 10.1. The summed E-state index contributed by atoms with van der Waals surface area (Å²) >= 11 is 0. The van der Waals surface area contributed by atoms with Crippen molar-refractivity contribution in [2.24, 2.45) is 0 Å². The molecule has 4 heteroatoms. The molecule has 0 radical (unpaired) electrons. The molecule has 1 rings (SSSR count). The van der Waals surface area contributed by atoms with Crippen LogP contribution in [-0.2, 0) is 19.1 Å². The molecule has 0 amide bonds. The lowest BCUT2D eigenvalue weighted by Gasteiger charge is -2.08. The van der Waals surface area contributed by atoms with Crippen LogP contribution in [0.15, 0.2) is 34.9 Å². The van der Waals surface area contributed by atoms with E-state index in [-0.39, 0.29) is 24.4 Å². The van der Waals surface area contributed by atoms with Crippen molar-refractivity contribution in [3.8, 4) is 0 Å². The van der Waals surface area contributed by atoms with Gasteiger partial charge in [-0.3, -0.25) is 0 Å². The highest BCUT2D eigenvalue weighted by Gasteiger charge is 2.21. The zero-order valence-corrected chi connectivity index (χ0v) is 11.0. The third kappa shape index (κ3) is 3.58. The Labute approximate surface area is 107 Å². The number of rotatable bonds is 4. The van der Waals surface area contributed by atoms with Gasteiger partial charge in [0, 0.05) is 0 Å². The zero-order valence-electron chi connectivity index (χ0n) is 11.0. The molecule has 98 valence electrons. The van der Waals surface area contributed by atoms with Crippen LogP contribution in [0.1, 0.15) is 27.2 Å². The Morgan fingerprint density at radius 1 is 1.11 bits per heavy atom. The first-order valence-electron chi connectivity index (χ1n) is 6.02. The maximum atomic E-state index is 11.8. The van der Waals surface area contributed by atoms with Crippen LogP contribution < -0.4 is 0 Å². The molecular formula is C14H18O4. The van der Waals surface area contributed by atoms with Gasteiger partial charge in [0.1, 0.15) is 0 Å². The van der Waals surface area contributed by atoms with E-state index in [1.165, 1.54) is 0 Å². The van der Waals surface area contributed by atoms with Crippen LogP contribution in [0.2, 0.25) is 0 Å². The first kappa shape index (κ1) is 14.2. The van der Waals surface area contributed by atoms with Gasteiger partial charge in [-0.25, -0.2) is 9.59 Å². The number of carbonyl (C=O) groups is 2. The highest BCUT2D eigenvalue weighted by atomic mass is 16.5. The molecule has 0 heterocycles. The van der Waals surface area contributed by atoms with Crippen LogP contribution in [-0.4, -0.2) is 25.2 Å². The minimum atomic E-state index is -0.497. The summed E-state index contributed by atoms with van der Waals surface area (Å²) < 4.78 is 9.91. The molecule has 1 aliphatic carbocycles. The first-order valence-corrected chi connectivity index (χ1v) is 6.02. The van der Waals surface area contributed by atoms with Crippen molar-refractivity contribution in [3.63, 3.8) is 0 Å². The van der Waals surface area contributed by atoms with Crippen LogP contribution in [0, 0.1) is 0 Å². The minimum absolute atomic E-state index is 0.257. The molecule has 0 aromatic carbocycles. The lowest BCUT2D eigenvalue weighted by Crippen LogP contribution is -2.14. The normalized spacial score (nSPS) is 14.9. The quantitative estimate of drug-likeness (QED) is 0.718. The number of hydrogen-bond donors (Lipinski definition) is 0. The van der Waals surface area contributed by atoms with Crippen molar-refractivity contribution in [3.05, 3.63) is 34.9 Å². The Morgan fingerprint density at radius 3 is 2.22 bits per heavy atom. The molecule has 4 nitrogen and oxygen atoms in total. The monoisotopic (exact) mass is 250 g/mol. The average molecular weight is 250 g/mol. The first-order chi connectivity index (χ1) is 8.60. The van der Waals surface area contributed by atoms with Gasteiger partial charge in [0.05, 0.1) is 24.4 Å². The molecule has 0 unspecified atom stereocenters. The van der Waals surface area contributed by atoms with Gasteiger partial charge in [-0.05, 0) is 33.3 Å². The number of allylic oxidation sites excluding steroid dienone is 2. The van der Waals surface area contributed by atoms with Crippen LogP contribution in [0.3, 0.4) is 0 Å². The molecule has 0 fully saturated rings. The predicted octanol–water partition coefficient (Wildman–Crippen LogP) is 2.32. The van der Waals surface area contributed by atoms with E-state index < -0.39 is 11.9 Å². The van der Waals surface area contributed by atoms with Crippen molar-refractivity contribution in [2.45, 2.75) is 27.2 Å². The van der Waals surface area contributed by atoms with Gasteiger partial charge in [0.15, 0.2) is 0 Å². The summed E-state index contributed by atoms with van der Waals surface area (Å²) in [7, 11) is 0. The molecule has 18 heavy (non-hydrogen) atoms. The predicted molar refractivity (Wildman–Crippen MR) is 67.8 cm³/mol. The van der Waals surface area contributed by atoms with E-state index >= 15 is 0 Å². The molecule has 0 aromatic rings. The van der Waals surface area contributed by atoms with Crippen molar-refractivity contribution in [2.75, 3.05) is 13.2 Å². The molecule has 0 aromatic heterocycles. The number of ether oxygens (including phenoxy) is 2. The average Bonchev–Trinajstić information content (AvgIpc) is 2.51. The van der Waals surface area contributed by atoms with Crippen LogP contribution >= 0.6 is 0 Å². The van der Waals surface area contributed by atoms with E-state index in [9.17, 15) is 9.59 Å². The van der Waals surface area contributed by atoms with Crippen LogP contribution in [0.5, 0.6) is 0 Å². The van der Waals surface area contributed by atoms with Gasteiger partial charge in [0.2, 0.25) is 0 Å². The van der Waals surface area contributed by atoms with E-state index in [0.717, 1.165) is 5.57 Å². The van der Waals surface area contributed by atoms with Gasteiger partial charge >= 0.3 is 11.9 Å². The molecule has 0 saturated carbocycles. The van der Waals surface area contributed by atoms with Crippen molar-refractivity contribution >= 4 is 11.9 Å². The van der Waals surface area contributed by atoms with E-state index in [4.69, 9.17) is 9.47 Å². The van der Waals surface area contributed by atoms with Crippen LogP contribution in [0.25, 0.3) is 0 Å². The fraction of sp³-hybridized carbons (Fsp3) is 0.429. The van der Waals surface area contributed by atoms with Gasteiger partial charge in [-0.2, -0.15) is 0 Å². The smallest absolute Gasteiger partial charge is 0.338 e. The second-order valence-electron chi connectivity index (χ2n) is 3.87. The summed E-state index contributed by atoms with van der Waals surface area (Å²) in [5.41, 5.74) is 1.52.